The zero-order chi connectivity index (χ0) is 17.3. The predicted molar refractivity (Wildman–Crippen MR) is 94.8 cm³/mol. The van der Waals surface area contributed by atoms with E-state index in [1.54, 1.807) is 6.07 Å². The first-order valence-electron chi connectivity index (χ1n) is 7.85. The number of H-pyrrole nitrogens is 1. The highest BCUT2D eigenvalue weighted by atomic mass is 35.5. The number of rotatable bonds is 4. The monoisotopic (exact) mass is 339 g/mol. The van der Waals surface area contributed by atoms with E-state index in [0.29, 0.717) is 28.5 Å². The van der Waals surface area contributed by atoms with Gasteiger partial charge in [0.25, 0.3) is 0 Å². The lowest BCUT2D eigenvalue weighted by Gasteiger charge is -2.09. The van der Waals surface area contributed by atoms with Gasteiger partial charge in [-0.3, -0.25) is 0 Å². The molecule has 3 aromatic rings. The fraction of sp³-hybridized carbons (Fsp3) is 0.278. The van der Waals surface area contributed by atoms with Crippen molar-refractivity contribution in [3.63, 3.8) is 0 Å². The minimum absolute atomic E-state index is 0.252. The Labute approximate surface area is 145 Å². The number of benzene rings is 1. The maximum absolute atomic E-state index is 9.03. The summed E-state index contributed by atoms with van der Waals surface area (Å²) in [6, 6.07) is 9.33. The van der Waals surface area contributed by atoms with Crippen LogP contribution in [-0.2, 0) is 12.8 Å². The van der Waals surface area contributed by atoms with Crippen molar-refractivity contribution >= 4 is 22.6 Å². The summed E-state index contributed by atoms with van der Waals surface area (Å²) in [6.07, 6.45) is 1.32. The Kier molecular flexibility index (Phi) is 4.52. The van der Waals surface area contributed by atoms with Crippen molar-refractivity contribution in [1.82, 2.24) is 15.0 Å². The normalized spacial score (nSPS) is 12.3. The molecule has 1 atom stereocenters. The first-order chi connectivity index (χ1) is 11.5. The van der Waals surface area contributed by atoms with E-state index in [1.165, 1.54) is 0 Å². The molecule has 3 rings (SSSR count). The Hall–Kier alpha value is -2.42. The molecular formula is C18H18ClN5. The molecule has 0 aliphatic rings. The third-order valence-electron chi connectivity index (χ3n) is 3.94. The summed E-state index contributed by atoms with van der Waals surface area (Å²) in [5, 5.41) is 10.5. The van der Waals surface area contributed by atoms with Crippen LogP contribution in [0.1, 0.15) is 48.2 Å². The van der Waals surface area contributed by atoms with Crippen LogP contribution >= 0.6 is 11.6 Å². The number of aryl methyl sites for hydroxylation is 1. The lowest BCUT2D eigenvalue weighted by Crippen LogP contribution is -2.11. The summed E-state index contributed by atoms with van der Waals surface area (Å²) in [5.74, 6) is 0.658. The molecule has 2 heterocycles. The van der Waals surface area contributed by atoms with Crippen LogP contribution in [0.25, 0.3) is 11.0 Å². The molecule has 6 heteroatoms. The van der Waals surface area contributed by atoms with Crippen LogP contribution in [0.3, 0.4) is 0 Å². The molecule has 2 aromatic heterocycles. The van der Waals surface area contributed by atoms with Gasteiger partial charge in [-0.1, -0.05) is 30.7 Å². The predicted octanol–water partition coefficient (Wildman–Crippen LogP) is 3.66. The van der Waals surface area contributed by atoms with Crippen molar-refractivity contribution in [1.29, 1.82) is 5.26 Å². The molecule has 0 spiro atoms. The quantitative estimate of drug-likeness (QED) is 0.758. The van der Waals surface area contributed by atoms with Gasteiger partial charge in [-0.15, -0.1) is 0 Å². The molecule has 3 N–H and O–H groups in total. The number of hydrogen-bond donors (Lipinski definition) is 2. The zero-order valence-corrected chi connectivity index (χ0v) is 14.4. The molecule has 0 fully saturated rings. The summed E-state index contributed by atoms with van der Waals surface area (Å²) in [5.41, 5.74) is 10.1. The maximum Gasteiger partial charge on any atom is 0.143 e. The molecule has 0 saturated heterocycles. The molecule has 0 radical (unpaired) electrons. The van der Waals surface area contributed by atoms with E-state index in [9.17, 15) is 0 Å². The number of hydrogen-bond acceptors (Lipinski definition) is 4. The first kappa shape index (κ1) is 16.4. The number of nitrogens with zero attached hydrogens (tertiary/aromatic N) is 3. The number of aromatic nitrogens is 3. The minimum atomic E-state index is -0.252. The molecule has 0 bridgehead atoms. The van der Waals surface area contributed by atoms with Crippen LogP contribution in [0.4, 0.5) is 0 Å². The van der Waals surface area contributed by atoms with Crippen molar-refractivity contribution in [3.8, 4) is 6.07 Å². The van der Waals surface area contributed by atoms with Crippen LogP contribution in [0.5, 0.6) is 0 Å². The summed E-state index contributed by atoms with van der Waals surface area (Å²) < 4.78 is 0. The Bertz CT molecular complexity index is 936. The third-order valence-corrected chi connectivity index (χ3v) is 4.36. The number of nitrogens with one attached hydrogen (secondary N) is 1. The Morgan fingerprint density at radius 1 is 1.38 bits per heavy atom. The molecular weight excluding hydrogens is 322 g/mol. The maximum atomic E-state index is 9.03. The van der Waals surface area contributed by atoms with Crippen molar-refractivity contribution in [3.05, 3.63) is 57.6 Å². The third kappa shape index (κ3) is 2.99. The lowest BCUT2D eigenvalue weighted by molar-refractivity contribution is 0.772. The van der Waals surface area contributed by atoms with Gasteiger partial charge in [0.2, 0.25) is 0 Å². The van der Waals surface area contributed by atoms with E-state index >= 15 is 0 Å². The van der Waals surface area contributed by atoms with Crippen LogP contribution in [-0.4, -0.2) is 15.0 Å². The van der Waals surface area contributed by atoms with Gasteiger partial charge in [0.1, 0.15) is 11.5 Å². The van der Waals surface area contributed by atoms with Gasteiger partial charge < -0.3 is 10.7 Å². The Morgan fingerprint density at radius 2 is 2.17 bits per heavy atom. The summed E-state index contributed by atoms with van der Waals surface area (Å²) in [7, 11) is 0. The first-order valence-corrected chi connectivity index (χ1v) is 8.22. The molecule has 122 valence electrons. The highest BCUT2D eigenvalue weighted by molar-refractivity contribution is 6.36. The molecule has 0 saturated carbocycles. The van der Waals surface area contributed by atoms with Crippen molar-refractivity contribution in [2.24, 2.45) is 5.73 Å². The molecule has 0 aliphatic heterocycles. The van der Waals surface area contributed by atoms with Crippen LogP contribution in [0, 0.1) is 11.3 Å². The van der Waals surface area contributed by atoms with Crippen molar-refractivity contribution in [2.75, 3.05) is 0 Å². The van der Waals surface area contributed by atoms with Crippen molar-refractivity contribution < 1.29 is 0 Å². The molecule has 24 heavy (non-hydrogen) atoms. The highest BCUT2D eigenvalue weighted by Gasteiger charge is 2.18. The fourth-order valence-corrected chi connectivity index (χ4v) is 3.13. The van der Waals surface area contributed by atoms with Crippen LogP contribution in [0.15, 0.2) is 24.3 Å². The van der Waals surface area contributed by atoms with Gasteiger partial charge in [0.15, 0.2) is 0 Å². The number of aromatic amines is 1. The van der Waals surface area contributed by atoms with E-state index in [-0.39, 0.29) is 6.04 Å². The Balaban J connectivity index is 2.10. The zero-order valence-electron chi connectivity index (χ0n) is 13.6. The summed E-state index contributed by atoms with van der Waals surface area (Å²) >= 11 is 6.46. The number of halogens is 1. The van der Waals surface area contributed by atoms with Gasteiger partial charge in [-0.05, 0) is 31.0 Å². The number of nitrogens with two attached hydrogens (primary N) is 1. The highest BCUT2D eigenvalue weighted by Crippen LogP contribution is 2.31. The lowest BCUT2D eigenvalue weighted by atomic mass is 10.1. The standard InChI is InChI=1S/C18H18ClN5/c1-3-13-16(19)15-17(10(2)21)23-14(24-18(15)22-13)8-11-5-4-6-12(7-11)9-20/h4-7,10H,3,8,21H2,1-2H3,(H,22,23,24). The molecule has 1 aromatic carbocycles. The smallest absolute Gasteiger partial charge is 0.143 e. The SMILES string of the molecule is CCc1[nH]c2nc(Cc3cccc(C#N)c3)nc(C(C)N)c2c1Cl. The van der Waals surface area contributed by atoms with Gasteiger partial charge in [0.05, 0.1) is 27.7 Å². The van der Waals surface area contributed by atoms with Crippen LogP contribution in [0.2, 0.25) is 5.02 Å². The van der Waals surface area contributed by atoms with Crippen LogP contribution < -0.4 is 5.73 Å². The number of nitriles is 1. The molecule has 0 aliphatic carbocycles. The average Bonchev–Trinajstić information content (AvgIpc) is 2.90. The van der Waals surface area contributed by atoms with Gasteiger partial charge in [0, 0.05) is 18.2 Å². The van der Waals surface area contributed by atoms with E-state index in [4.69, 9.17) is 22.6 Å². The second-order valence-corrected chi connectivity index (χ2v) is 6.18. The fourth-order valence-electron chi connectivity index (χ4n) is 2.77. The summed E-state index contributed by atoms with van der Waals surface area (Å²) in [4.78, 5) is 12.5. The van der Waals surface area contributed by atoms with Crippen molar-refractivity contribution in [2.45, 2.75) is 32.7 Å². The van der Waals surface area contributed by atoms with E-state index in [1.807, 2.05) is 32.0 Å². The largest absolute Gasteiger partial charge is 0.342 e. The topological polar surface area (TPSA) is 91.4 Å². The van der Waals surface area contributed by atoms with Gasteiger partial charge in [-0.25, -0.2) is 9.97 Å². The Morgan fingerprint density at radius 3 is 2.83 bits per heavy atom. The van der Waals surface area contributed by atoms with Gasteiger partial charge >= 0.3 is 0 Å². The van der Waals surface area contributed by atoms with E-state index in [2.05, 4.69) is 21.0 Å². The average molecular weight is 340 g/mol. The number of fused-ring (bicyclic) bond motifs is 1. The minimum Gasteiger partial charge on any atom is -0.342 e. The van der Waals surface area contributed by atoms with E-state index in [0.717, 1.165) is 28.8 Å². The summed E-state index contributed by atoms with van der Waals surface area (Å²) in [6.45, 7) is 3.92. The second kappa shape index (κ2) is 6.60. The van der Waals surface area contributed by atoms with Gasteiger partial charge in [-0.2, -0.15) is 5.26 Å². The van der Waals surface area contributed by atoms with E-state index < -0.39 is 0 Å². The molecule has 1 unspecified atom stereocenters. The second-order valence-electron chi connectivity index (χ2n) is 5.80. The molecule has 0 amide bonds. The molecule has 5 nitrogen and oxygen atoms in total.